The molecule has 0 aliphatic carbocycles. The van der Waals surface area contributed by atoms with Crippen LogP contribution in [0.5, 0.6) is 0 Å². The Morgan fingerprint density at radius 3 is 1.29 bits per heavy atom. The molecule has 0 aromatic heterocycles. The van der Waals surface area contributed by atoms with Gasteiger partial charge >= 0.3 is 39.0 Å². The zero-order valence-corrected chi connectivity index (χ0v) is 12.0. The van der Waals surface area contributed by atoms with Crippen molar-refractivity contribution in [2.75, 3.05) is 0 Å². The van der Waals surface area contributed by atoms with Crippen molar-refractivity contribution in [2.24, 2.45) is 0 Å². The molecule has 0 N–H and O–H groups in total. The van der Waals surface area contributed by atoms with Crippen LogP contribution < -0.4 is 9.79 Å². The Labute approximate surface area is 77.9 Å². The minimum atomic E-state index is -3.72. The first-order valence-corrected chi connectivity index (χ1v) is 4.38. The molecule has 7 heteroatoms. The summed E-state index contributed by atoms with van der Waals surface area (Å²) in [5, 5.41) is 0. The van der Waals surface area contributed by atoms with E-state index in [9.17, 15) is 9.79 Å². The predicted octanol–water partition coefficient (Wildman–Crippen LogP) is -1.53. The van der Waals surface area contributed by atoms with Crippen LogP contribution >= 0.6 is 5.69 Å². The zero-order chi connectivity index (χ0) is 4.50. The van der Waals surface area contributed by atoms with Crippen LogP contribution in [0.4, 0.5) is 0 Å². The van der Waals surface area contributed by atoms with Gasteiger partial charge in [0.1, 0.15) is 0 Å². The summed E-state index contributed by atoms with van der Waals surface area (Å²) in [5.74, 6) is 0. The Kier molecular flexibility index (Phi) is 14.4. The fourth-order valence-corrected chi connectivity index (χ4v) is 0. The Bertz CT molecular complexity index is 59.8. The van der Waals surface area contributed by atoms with Crippen LogP contribution in [0.15, 0.2) is 0 Å². The van der Waals surface area contributed by atoms with Crippen molar-refractivity contribution in [1.29, 1.82) is 0 Å². The maximum absolute atomic E-state index is 9.29. The molecule has 2 nitrogen and oxygen atoms in total. The largest absolute Gasteiger partial charge is 2.00 e. The maximum Gasteiger partial charge on any atom is 2.00 e. The molecule has 0 spiro atoms. The second-order valence-corrected chi connectivity index (χ2v) is 4.92. The van der Waals surface area contributed by atoms with Crippen molar-refractivity contribution in [1.82, 2.24) is 0 Å². The van der Waals surface area contributed by atoms with Gasteiger partial charge in [-0.3, -0.25) is 0 Å². The Morgan fingerprint density at radius 1 is 1.29 bits per heavy atom. The normalized spacial score (nSPS) is 8.43. The predicted molar refractivity (Wildman–Crippen MR) is 21.6 cm³/mol. The van der Waals surface area contributed by atoms with Gasteiger partial charge in [-0.05, 0) is 0 Å². The third kappa shape index (κ3) is 66.2. The van der Waals surface area contributed by atoms with E-state index in [4.69, 9.17) is 0 Å². The smallest absolute Gasteiger partial charge is 0.850 e. The van der Waals surface area contributed by atoms with Crippen LogP contribution in [0.1, 0.15) is 0 Å². The van der Waals surface area contributed by atoms with Crippen molar-refractivity contribution in [3.05, 3.63) is 0 Å². The summed E-state index contributed by atoms with van der Waals surface area (Å²) in [6.45, 7) is 0. The van der Waals surface area contributed by atoms with E-state index < -0.39 is 5.69 Å². The molecule has 0 saturated carbocycles. The molecule has 0 saturated heterocycles. The quantitative estimate of drug-likeness (QED) is 0.300. The molecule has 0 amide bonds. The third-order valence-corrected chi connectivity index (χ3v) is 0. The average molecular weight is 258 g/mol. The average Bonchev–Trinajstić information content (AvgIpc) is 0.722. The molecule has 0 radical (unpaired) electrons. The van der Waals surface area contributed by atoms with Crippen LogP contribution in [0.25, 0.3) is 0 Å². The van der Waals surface area contributed by atoms with Crippen molar-refractivity contribution in [2.45, 2.75) is 0 Å². The van der Waals surface area contributed by atoms with Crippen molar-refractivity contribution < 1.29 is 48.7 Å². The molecule has 7 heavy (non-hydrogen) atoms. The number of hydrogen-bond acceptors (Lipinski definition) is 4. The van der Waals surface area contributed by atoms with Crippen molar-refractivity contribution >= 4 is 29.7 Å². The molecule has 0 rings (SSSR count). The second-order valence-electron chi connectivity index (χ2n) is 0.447. The van der Waals surface area contributed by atoms with Gasteiger partial charge < -0.3 is 27.7 Å². The minimum absolute atomic E-state index is 0. The van der Waals surface area contributed by atoms with Crippen LogP contribution in [0.2, 0.25) is 0 Å². The van der Waals surface area contributed by atoms with Crippen LogP contribution in [-0.4, -0.2) is 0 Å². The Morgan fingerprint density at radius 2 is 1.29 bits per heavy atom. The van der Waals surface area contributed by atoms with Crippen molar-refractivity contribution in [3.8, 4) is 0 Å². The van der Waals surface area contributed by atoms with Crippen LogP contribution in [-0.2, 0) is 63.0 Å². The fraction of sp³-hybridized carbons (Fsp3) is 0. The van der Waals surface area contributed by atoms with E-state index in [-0.39, 0.29) is 39.0 Å². The Balaban J connectivity index is -0.0000000800. The molecule has 32 valence electrons. The van der Waals surface area contributed by atoms with Gasteiger partial charge in [-0.15, -0.1) is 0 Å². The molecule has 0 aromatic carbocycles. The summed E-state index contributed by atoms with van der Waals surface area (Å²) >= 11 is 7.28. The second kappa shape index (κ2) is 6.29. The SMILES string of the molecule is [O-]P([O-])(=S)[S-].[Zn+2].[Zn+2]. The molecule has 0 aromatic rings. The summed E-state index contributed by atoms with van der Waals surface area (Å²) in [7, 11) is 0. The Hall–Kier alpha value is 2.17. The first-order valence-electron chi connectivity index (χ1n) is 0.730. The van der Waals surface area contributed by atoms with Gasteiger partial charge in [0, 0.05) is 0 Å². The summed E-state index contributed by atoms with van der Waals surface area (Å²) in [5.41, 5.74) is -3.72. The first kappa shape index (κ1) is 16.1. The van der Waals surface area contributed by atoms with Gasteiger partial charge in [0.25, 0.3) is 0 Å². The molecule has 0 atom stereocenters. The zero-order valence-electron chi connectivity index (χ0n) is 3.49. The van der Waals surface area contributed by atoms with Gasteiger partial charge in [0.05, 0.1) is 0 Å². The standard InChI is InChI=1S/H3O2PS2.2Zn/c1-3(2,4)5;;/h(H3,1,2,4,5);;/q;2*+2/p-3. The van der Waals surface area contributed by atoms with Gasteiger partial charge in [-0.1, -0.05) is 0 Å². The third-order valence-electron chi connectivity index (χ3n) is 0. The van der Waals surface area contributed by atoms with E-state index in [1.54, 1.807) is 0 Å². The van der Waals surface area contributed by atoms with E-state index in [1.807, 2.05) is 0 Å². The topological polar surface area (TPSA) is 46.1 Å². The van der Waals surface area contributed by atoms with Crippen LogP contribution in [0.3, 0.4) is 0 Å². The number of rotatable bonds is 0. The molecule has 0 unspecified atom stereocenters. The molecule has 0 aliphatic heterocycles. The van der Waals surface area contributed by atoms with Gasteiger partial charge in [0.15, 0.2) is 0 Å². The minimum Gasteiger partial charge on any atom is -0.850 e. The van der Waals surface area contributed by atoms with E-state index in [0.717, 1.165) is 0 Å². The van der Waals surface area contributed by atoms with Crippen LogP contribution in [0, 0.1) is 0 Å². The summed E-state index contributed by atoms with van der Waals surface area (Å²) in [4.78, 5) is 18.6. The monoisotopic (exact) mass is 255 g/mol. The van der Waals surface area contributed by atoms with E-state index in [2.05, 4.69) is 24.1 Å². The summed E-state index contributed by atoms with van der Waals surface area (Å²) in [6.07, 6.45) is 0. The van der Waals surface area contributed by atoms with E-state index in [0.29, 0.717) is 0 Å². The van der Waals surface area contributed by atoms with Crippen molar-refractivity contribution in [3.63, 3.8) is 0 Å². The van der Waals surface area contributed by atoms with Gasteiger partial charge in [-0.25, -0.2) is 0 Å². The molecule has 0 heterocycles. The molecule has 0 aliphatic rings. The van der Waals surface area contributed by atoms with E-state index >= 15 is 0 Å². The molecule has 0 bridgehead atoms. The number of hydrogen-bond donors (Lipinski definition) is 0. The summed E-state index contributed by atoms with van der Waals surface area (Å²) < 4.78 is 0. The van der Waals surface area contributed by atoms with E-state index in [1.165, 1.54) is 0 Å². The first-order chi connectivity index (χ1) is 2.00. The fourth-order valence-electron chi connectivity index (χ4n) is 0. The molecular weight excluding hydrogens is 258 g/mol. The molecule has 0 fully saturated rings. The summed E-state index contributed by atoms with van der Waals surface area (Å²) in [6, 6.07) is 0. The van der Waals surface area contributed by atoms with Gasteiger partial charge in [-0.2, -0.15) is 11.8 Å². The maximum atomic E-state index is 9.29. The van der Waals surface area contributed by atoms with Gasteiger partial charge in [0.2, 0.25) is 0 Å². The molecular formula is O2PS2Zn2+.